The Bertz CT molecular complexity index is 339. The van der Waals surface area contributed by atoms with E-state index in [1.54, 1.807) is 0 Å². The molecule has 138 valence electrons. The largest absolute Gasteiger partial charge is 0.756 e. The Kier molecular flexibility index (Phi) is 13.8. The summed E-state index contributed by atoms with van der Waals surface area (Å²) in [4.78, 5) is 14.8. The monoisotopic (exact) mass is 350 g/mol. The molecule has 6 nitrogen and oxygen atoms in total. The van der Waals surface area contributed by atoms with Gasteiger partial charge in [-0.1, -0.05) is 40.0 Å². The molecule has 1 unspecified atom stereocenters. The van der Waals surface area contributed by atoms with Crippen LogP contribution in [0.1, 0.15) is 59.3 Å². The van der Waals surface area contributed by atoms with Crippen molar-refractivity contribution in [3.8, 4) is 0 Å². The van der Waals surface area contributed by atoms with Crippen molar-refractivity contribution in [2.24, 2.45) is 0 Å². The zero-order valence-corrected chi connectivity index (χ0v) is 16.1. The average molecular weight is 350 g/mol. The standard InChI is InChI=1S/C8H16N2.C8H19O4P/c1-3-4-5-10-7-6-9(2)8-10;1-3-5-7-11-13(9,10)12-8-6-4-2/h6-7H,3-5,8H2,1-2H3;3-8H2,1-2H3,(H,9,10). The maximum absolute atomic E-state index is 11.0. The Hall–Kier alpha value is -0.390. The molecule has 0 saturated heterocycles. The Morgan fingerprint density at radius 3 is 2.00 bits per heavy atom. The summed E-state index contributed by atoms with van der Waals surface area (Å²) < 4.78 is 20.2. The van der Waals surface area contributed by atoms with Gasteiger partial charge in [-0.2, -0.15) is 0 Å². The molecule has 1 atom stereocenters. The maximum atomic E-state index is 11.0. The number of phosphoric acid groups is 1. The van der Waals surface area contributed by atoms with Gasteiger partial charge in [-0.3, -0.25) is 9.46 Å². The van der Waals surface area contributed by atoms with E-state index in [1.807, 2.05) is 13.8 Å². The molecule has 0 radical (unpaired) electrons. The van der Waals surface area contributed by atoms with Crippen molar-refractivity contribution in [1.29, 1.82) is 0 Å². The van der Waals surface area contributed by atoms with Crippen molar-refractivity contribution < 1.29 is 23.4 Å². The second-order valence-corrected chi connectivity index (χ2v) is 7.22. The highest BCUT2D eigenvalue weighted by Gasteiger charge is 2.10. The predicted molar refractivity (Wildman–Crippen MR) is 91.8 cm³/mol. The van der Waals surface area contributed by atoms with Crippen LogP contribution in [0.15, 0.2) is 12.4 Å². The molecule has 0 spiro atoms. The first-order valence-electron chi connectivity index (χ1n) is 8.80. The number of rotatable bonds is 11. The van der Waals surface area contributed by atoms with Gasteiger partial charge < -0.3 is 18.8 Å². The van der Waals surface area contributed by atoms with Crippen molar-refractivity contribution in [2.75, 3.05) is 33.5 Å². The highest BCUT2D eigenvalue weighted by molar-refractivity contribution is 7.45. The molecule has 0 amide bonds. The summed E-state index contributed by atoms with van der Waals surface area (Å²) in [6, 6.07) is 0. The normalized spacial score (nSPS) is 17.3. The van der Waals surface area contributed by atoms with Crippen molar-refractivity contribution in [1.82, 2.24) is 4.90 Å². The van der Waals surface area contributed by atoms with Crippen LogP contribution in [0.4, 0.5) is 0 Å². The molecular formula is C16H35N2O4P. The minimum atomic E-state index is -4.00. The smallest absolute Gasteiger partial charge is 0.267 e. The number of unbranched alkanes of at least 4 members (excludes halogenated alkanes) is 3. The molecule has 0 aromatic carbocycles. The van der Waals surface area contributed by atoms with Gasteiger partial charge in [0.15, 0.2) is 6.67 Å². The lowest BCUT2D eigenvalue weighted by molar-refractivity contribution is -0.826. The SMILES string of the molecule is CCCCN1C=C[NH+](C)C1.CCCCOP(=O)([O-])OCCCC. The summed E-state index contributed by atoms with van der Waals surface area (Å²) in [7, 11) is -1.82. The lowest BCUT2D eigenvalue weighted by atomic mass is 10.3. The topological polar surface area (TPSA) is 66.3 Å². The lowest BCUT2D eigenvalue weighted by Gasteiger charge is -2.22. The minimum Gasteiger partial charge on any atom is -0.756 e. The second-order valence-electron chi connectivity index (χ2n) is 5.81. The molecule has 0 bridgehead atoms. The van der Waals surface area contributed by atoms with E-state index in [0.29, 0.717) is 0 Å². The van der Waals surface area contributed by atoms with Gasteiger partial charge in [0, 0.05) is 6.54 Å². The van der Waals surface area contributed by atoms with E-state index in [4.69, 9.17) is 0 Å². The van der Waals surface area contributed by atoms with Gasteiger partial charge in [0.2, 0.25) is 0 Å². The third-order valence-corrected chi connectivity index (χ3v) is 4.31. The van der Waals surface area contributed by atoms with Gasteiger partial charge in [-0.05, 0) is 19.3 Å². The molecule has 0 saturated carbocycles. The summed E-state index contributed by atoms with van der Waals surface area (Å²) >= 11 is 0. The second kappa shape index (κ2) is 14.0. The molecule has 1 heterocycles. The van der Waals surface area contributed by atoms with E-state index in [-0.39, 0.29) is 13.2 Å². The first kappa shape index (κ1) is 22.6. The van der Waals surface area contributed by atoms with E-state index in [9.17, 15) is 9.46 Å². The van der Waals surface area contributed by atoms with Crippen LogP contribution < -0.4 is 9.79 Å². The van der Waals surface area contributed by atoms with E-state index in [2.05, 4.69) is 40.3 Å². The summed E-state index contributed by atoms with van der Waals surface area (Å²) in [6.45, 7) is 9.00. The number of nitrogens with zero attached hydrogens (tertiary/aromatic N) is 1. The average Bonchev–Trinajstić information content (AvgIpc) is 2.92. The lowest BCUT2D eigenvalue weighted by Crippen LogP contribution is -3.03. The molecule has 0 aromatic rings. The van der Waals surface area contributed by atoms with Crippen molar-refractivity contribution >= 4 is 7.82 Å². The van der Waals surface area contributed by atoms with Gasteiger partial charge in [-0.15, -0.1) is 0 Å². The molecular weight excluding hydrogens is 315 g/mol. The molecule has 0 aromatic heterocycles. The quantitative estimate of drug-likeness (QED) is 0.457. The maximum Gasteiger partial charge on any atom is 0.267 e. The van der Waals surface area contributed by atoms with E-state index in [1.165, 1.54) is 24.3 Å². The number of quaternary nitrogens is 1. The minimum absolute atomic E-state index is 0.226. The molecule has 23 heavy (non-hydrogen) atoms. The van der Waals surface area contributed by atoms with Crippen LogP contribution in [-0.2, 0) is 13.6 Å². The number of phosphoric ester groups is 1. The fourth-order valence-corrected chi connectivity index (χ4v) is 2.63. The van der Waals surface area contributed by atoms with Gasteiger partial charge in [-0.25, -0.2) is 0 Å². The van der Waals surface area contributed by atoms with Crippen LogP contribution in [-0.4, -0.2) is 38.4 Å². The first-order valence-corrected chi connectivity index (χ1v) is 10.3. The fraction of sp³-hybridized carbons (Fsp3) is 0.875. The first-order chi connectivity index (χ1) is 10.9. The molecule has 1 aliphatic rings. The Morgan fingerprint density at radius 1 is 1.09 bits per heavy atom. The zero-order chi connectivity index (χ0) is 17.6. The van der Waals surface area contributed by atoms with Crippen LogP contribution >= 0.6 is 7.82 Å². The summed E-state index contributed by atoms with van der Waals surface area (Å²) in [5.41, 5.74) is 0. The molecule has 7 heteroatoms. The molecule has 0 fully saturated rings. The van der Waals surface area contributed by atoms with Gasteiger partial charge in [0.05, 0.1) is 26.5 Å². The van der Waals surface area contributed by atoms with E-state index < -0.39 is 7.82 Å². The Labute approximate surface area is 142 Å². The van der Waals surface area contributed by atoms with Crippen LogP contribution in [0.5, 0.6) is 0 Å². The highest BCUT2D eigenvalue weighted by atomic mass is 31.2. The van der Waals surface area contributed by atoms with E-state index >= 15 is 0 Å². The molecule has 1 N–H and O–H groups in total. The summed E-state index contributed by atoms with van der Waals surface area (Å²) in [5.74, 6) is 0. The number of hydrogen-bond donors (Lipinski definition) is 1. The summed E-state index contributed by atoms with van der Waals surface area (Å²) in [5, 5.41) is 0. The van der Waals surface area contributed by atoms with E-state index in [0.717, 1.165) is 32.4 Å². The van der Waals surface area contributed by atoms with Crippen LogP contribution in [0.2, 0.25) is 0 Å². The van der Waals surface area contributed by atoms with Crippen LogP contribution in [0.3, 0.4) is 0 Å². The third-order valence-electron chi connectivity index (χ3n) is 3.32. The third kappa shape index (κ3) is 13.7. The van der Waals surface area contributed by atoms with Crippen molar-refractivity contribution in [3.05, 3.63) is 12.4 Å². The van der Waals surface area contributed by atoms with Gasteiger partial charge >= 0.3 is 0 Å². The Morgan fingerprint density at radius 2 is 1.61 bits per heavy atom. The summed E-state index contributed by atoms with van der Waals surface area (Å²) in [6.07, 6.45) is 10.3. The molecule has 1 aliphatic heterocycles. The molecule has 1 rings (SSSR count). The number of nitrogens with one attached hydrogen (secondary N) is 1. The van der Waals surface area contributed by atoms with Crippen molar-refractivity contribution in [2.45, 2.75) is 59.3 Å². The molecule has 0 aliphatic carbocycles. The highest BCUT2D eigenvalue weighted by Crippen LogP contribution is 2.38. The predicted octanol–water partition coefficient (Wildman–Crippen LogP) is 2.13. The van der Waals surface area contributed by atoms with Crippen LogP contribution in [0.25, 0.3) is 0 Å². The zero-order valence-electron chi connectivity index (χ0n) is 15.3. The fourth-order valence-electron chi connectivity index (χ4n) is 1.85. The number of hydrogen-bond acceptors (Lipinski definition) is 5. The van der Waals surface area contributed by atoms with Crippen molar-refractivity contribution in [3.63, 3.8) is 0 Å². The van der Waals surface area contributed by atoms with Crippen LogP contribution in [0, 0.1) is 0 Å². The van der Waals surface area contributed by atoms with Gasteiger partial charge in [0.1, 0.15) is 6.20 Å². The van der Waals surface area contributed by atoms with Gasteiger partial charge in [0.25, 0.3) is 7.82 Å². The Balaban J connectivity index is 0.000000433.